The number of unbranched alkanes of at least 4 members (excludes halogenated alkanes) is 4. The number of hydrogen-bond acceptors (Lipinski definition) is 3. The maximum atomic E-state index is 8.21. The SMILES string of the molecule is CCCCC(=COC=C(CC)CCCC)CC.OCCCCCO. The Balaban J connectivity index is 0. The van der Waals surface area contributed by atoms with Crippen LogP contribution in [0.15, 0.2) is 23.7 Å². The van der Waals surface area contributed by atoms with Crippen LogP contribution < -0.4 is 0 Å². The van der Waals surface area contributed by atoms with Gasteiger partial charge in [0.25, 0.3) is 0 Å². The summed E-state index contributed by atoms with van der Waals surface area (Å²) in [4.78, 5) is 0. The highest BCUT2D eigenvalue weighted by Crippen LogP contribution is 2.14. The zero-order valence-electron chi connectivity index (χ0n) is 16.6. The second-order valence-corrected chi connectivity index (χ2v) is 6.11. The number of allylic oxidation sites excluding steroid dienone is 2. The third kappa shape index (κ3) is 19.2. The molecule has 0 fully saturated rings. The Morgan fingerprint density at radius 1 is 0.667 bits per heavy atom. The summed E-state index contributed by atoms with van der Waals surface area (Å²) in [7, 11) is 0. The summed E-state index contributed by atoms with van der Waals surface area (Å²) in [5, 5.41) is 16.4. The van der Waals surface area contributed by atoms with E-state index in [9.17, 15) is 0 Å². The molecule has 0 aromatic heterocycles. The third-order valence-corrected chi connectivity index (χ3v) is 3.90. The van der Waals surface area contributed by atoms with Gasteiger partial charge in [-0.05, 0) is 68.9 Å². The van der Waals surface area contributed by atoms with Gasteiger partial charge in [0, 0.05) is 13.2 Å². The topological polar surface area (TPSA) is 49.7 Å². The molecule has 0 rings (SSSR count). The Morgan fingerprint density at radius 2 is 1.08 bits per heavy atom. The summed E-state index contributed by atoms with van der Waals surface area (Å²) in [6.07, 6.45) is 16.1. The fourth-order valence-corrected chi connectivity index (χ4v) is 2.07. The van der Waals surface area contributed by atoms with Gasteiger partial charge in [-0.15, -0.1) is 0 Å². The van der Waals surface area contributed by atoms with E-state index < -0.39 is 0 Å². The molecule has 0 spiro atoms. The van der Waals surface area contributed by atoms with Crippen molar-refractivity contribution in [2.45, 2.75) is 98.3 Å². The van der Waals surface area contributed by atoms with Crippen LogP contribution in [0.25, 0.3) is 0 Å². The van der Waals surface area contributed by atoms with Crippen molar-refractivity contribution in [1.29, 1.82) is 0 Å². The fourth-order valence-electron chi connectivity index (χ4n) is 2.07. The van der Waals surface area contributed by atoms with Gasteiger partial charge in [0.2, 0.25) is 0 Å². The van der Waals surface area contributed by atoms with Crippen molar-refractivity contribution in [3.63, 3.8) is 0 Å². The van der Waals surface area contributed by atoms with Crippen molar-refractivity contribution in [2.75, 3.05) is 13.2 Å². The van der Waals surface area contributed by atoms with Crippen LogP contribution in [0.3, 0.4) is 0 Å². The molecule has 0 atom stereocenters. The van der Waals surface area contributed by atoms with E-state index in [1.165, 1.54) is 49.7 Å². The highest BCUT2D eigenvalue weighted by molar-refractivity contribution is 5.01. The molecule has 0 radical (unpaired) electrons. The molecular formula is C21H42O3. The molecule has 144 valence electrons. The quantitative estimate of drug-likeness (QED) is 0.296. The summed E-state index contributed by atoms with van der Waals surface area (Å²) in [6, 6.07) is 0. The normalized spacial score (nSPS) is 11.9. The Bertz CT molecular complexity index is 267. The van der Waals surface area contributed by atoms with E-state index in [1.54, 1.807) is 0 Å². The molecule has 0 aliphatic rings. The van der Waals surface area contributed by atoms with Crippen LogP contribution in [-0.2, 0) is 4.74 Å². The Hall–Kier alpha value is -0.800. The van der Waals surface area contributed by atoms with E-state index in [4.69, 9.17) is 14.9 Å². The minimum absolute atomic E-state index is 0.250. The lowest BCUT2D eigenvalue weighted by atomic mass is 10.1. The monoisotopic (exact) mass is 342 g/mol. The van der Waals surface area contributed by atoms with Crippen molar-refractivity contribution in [3.8, 4) is 0 Å². The summed E-state index contributed by atoms with van der Waals surface area (Å²) in [6.45, 7) is 9.36. The van der Waals surface area contributed by atoms with Gasteiger partial charge in [-0.25, -0.2) is 0 Å². The lowest BCUT2D eigenvalue weighted by Gasteiger charge is -2.05. The van der Waals surface area contributed by atoms with Crippen molar-refractivity contribution < 1.29 is 14.9 Å². The van der Waals surface area contributed by atoms with Gasteiger partial charge in [-0.2, -0.15) is 0 Å². The Labute approximate surface area is 150 Å². The summed E-state index contributed by atoms with van der Waals surface area (Å²) < 4.78 is 5.61. The minimum atomic E-state index is 0.250. The molecule has 24 heavy (non-hydrogen) atoms. The van der Waals surface area contributed by atoms with Crippen LogP contribution in [0, 0.1) is 0 Å². The van der Waals surface area contributed by atoms with E-state index in [2.05, 4.69) is 27.7 Å². The van der Waals surface area contributed by atoms with Crippen LogP contribution in [0.2, 0.25) is 0 Å². The predicted molar refractivity (Wildman–Crippen MR) is 105 cm³/mol. The van der Waals surface area contributed by atoms with Gasteiger partial charge in [-0.3, -0.25) is 0 Å². The molecule has 0 amide bonds. The highest BCUT2D eigenvalue weighted by Gasteiger charge is 1.96. The van der Waals surface area contributed by atoms with E-state index in [1.807, 2.05) is 12.5 Å². The van der Waals surface area contributed by atoms with E-state index in [0.717, 1.165) is 32.1 Å². The van der Waals surface area contributed by atoms with Crippen LogP contribution in [0.5, 0.6) is 0 Å². The van der Waals surface area contributed by atoms with E-state index in [0.29, 0.717) is 0 Å². The van der Waals surface area contributed by atoms with Gasteiger partial charge >= 0.3 is 0 Å². The molecule has 0 aromatic carbocycles. The van der Waals surface area contributed by atoms with Gasteiger partial charge < -0.3 is 14.9 Å². The van der Waals surface area contributed by atoms with Gasteiger partial charge in [0.05, 0.1) is 12.5 Å². The molecule has 3 nitrogen and oxygen atoms in total. The summed E-state index contributed by atoms with van der Waals surface area (Å²) in [5.41, 5.74) is 2.85. The summed E-state index contributed by atoms with van der Waals surface area (Å²) in [5.74, 6) is 0. The maximum Gasteiger partial charge on any atom is 0.0893 e. The molecule has 0 unspecified atom stereocenters. The Morgan fingerprint density at radius 3 is 1.38 bits per heavy atom. The minimum Gasteiger partial charge on any atom is -0.473 e. The van der Waals surface area contributed by atoms with Gasteiger partial charge in [-0.1, -0.05) is 40.5 Å². The van der Waals surface area contributed by atoms with Crippen LogP contribution in [0.4, 0.5) is 0 Å². The van der Waals surface area contributed by atoms with Gasteiger partial charge in [0.15, 0.2) is 0 Å². The predicted octanol–water partition coefficient (Wildman–Crippen LogP) is 6.11. The van der Waals surface area contributed by atoms with Crippen molar-refractivity contribution in [3.05, 3.63) is 23.7 Å². The largest absolute Gasteiger partial charge is 0.473 e. The number of ether oxygens (including phenoxy) is 1. The Kier molecular flexibility index (Phi) is 23.5. The molecule has 0 saturated heterocycles. The number of hydrogen-bond donors (Lipinski definition) is 2. The molecule has 2 N–H and O–H groups in total. The average molecular weight is 343 g/mol. The first-order valence-electron chi connectivity index (χ1n) is 9.92. The molecule has 0 aromatic rings. The lowest BCUT2D eigenvalue weighted by molar-refractivity contribution is 0.257. The second kappa shape index (κ2) is 22.2. The third-order valence-electron chi connectivity index (χ3n) is 3.90. The van der Waals surface area contributed by atoms with Crippen LogP contribution in [-0.4, -0.2) is 23.4 Å². The van der Waals surface area contributed by atoms with Crippen LogP contribution >= 0.6 is 0 Å². The number of aliphatic hydroxyl groups excluding tert-OH is 2. The molecule has 0 aliphatic heterocycles. The molecule has 0 heterocycles. The second-order valence-electron chi connectivity index (χ2n) is 6.11. The molecule has 0 aliphatic carbocycles. The molecular weight excluding hydrogens is 300 g/mol. The average Bonchev–Trinajstić information content (AvgIpc) is 2.61. The lowest BCUT2D eigenvalue weighted by Crippen LogP contribution is -1.86. The first kappa shape index (κ1) is 25.4. The summed E-state index contributed by atoms with van der Waals surface area (Å²) >= 11 is 0. The van der Waals surface area contributed by atoms with E-state index in [-0.39, 0.29) is 13.2 Å². The molecule has 3 heteroatoms. The smallest absolute Gasteiger partial charge is 0.0893 e. The van der Waals surface area contributed by atoms with E-state index >= 15 is 0 Å². The molecule has 0 bridgehead atoms. The highest BCUT2D eigenvalue weighted by atomic mass is 16.5. The van der Waals surface area contributed by atoms with Crippen molar-refractivity contribution in [2.24, 2.45) is 0 Å². The van der Waals surface area contributed by atoms with Gasteiger partial charge in [0.1, 0.15) is 0 Å². The van der Waals surface area contributed by atoms with Crippen LogP contribution in [0.1, 0.15) is 98.3 Å². The number of rotatable bonds is 14. The standard InChI is InChI=1S/C16H30O.C5H12O2/c1-5-9-11-15(7-3)13-17-14-16(8-4)12-10-6-2;6-4-2-1-3-5-7/h13-14H,5-12H2,1-4H3;6-7H,1-5H2. The first-order chi connectivity index (χ1) is 11.7. The zero-order valence-corrected chi connectivity index (χ0v) is 16.6. The van der Waals surface area contributed by atoms with Crippen molar-refractivity contribution >= 4 is 0 Å². The maximum absolute atomic E-state index is 8.21. The van der Waals surface area contributed by atoms with Crippen molar-refractivity contribution in [1.82, 2.24) is 0 Å². The molecule has 0 saturated carbocycles. The first-order valence-corrected chi connectivity index (χ1v) is 9.92. The zero-order chi connectivity index (χ0) is 18.5. The number of aliphatic hydroxyl groups is 2. The fraction of sp³-hybridized carbons (Fsp3) is 0.810.